The first-order chi connectivity index (χ1) is 10.6. The highest BCUT2D eigenvalue weighted by atomic mass is 19.1. The van der Waals surface area contributed by atoms with Crippen LogP contribution in [0.3, 0.4) is 0 Å². The Labute approximate surface area is 125 Å². The molecule has 0 bridgehead atoms. The van der Waals surface area contributed by atoms with Crippen LogP contribution in [0, 0.1) is 17.1 Å². The molecule has 0 atom stereocenters. The van der Waals surface area contributed by atoms with Gasteiger partial charge in [0.05, 0.1) is 17.2 Å². The van der Waals surface area contributed by atoms with E-state index in [4.69, 9.17) is 5.11 Å². The second-order valence-electron chi connectivity index (χ2n) is 4.82. The van der Waals surface area contributed by atoms with Crippen LogP contribution in [-0.2, 0) is 0 Å². The third-order valence-electron chi connectivity index (χ3n) is 3.53. The van der Waals surface area contributed by atoms with Gasteiger partial charge in [-0.15, -0.1) is 0 Å². The molecule has 22 heavy (non-hydrogen) atoms. The number of benzene rings is 3. The van der Waals surface area contributed by atoms with E-state index in [-0.39, 0.29) is 11.1 Å². The topological polar surface area (TPSA) is 61.1 Å². The molecule has 0 amide bonds. The Morgan fingerprint density at radius 2 is 1.82 bits per heavy atom. The zero-order chi connectivity index (χ0) is 15.7. The summed E-state index contributed by atoms with van der Waals surface area (Å²) >= 11 is 0. The molecule has 4 heteroatoms. The molecule has 3 rings (SSSR count). The second kappa shape index (κ2) is 5.30. The average Bonchev–Trinajstić information content (AvgIpc) is 2.54. The van der Waals surface area contributed by atoms with Crippen molar-refractivity contribution in [3.8, 4) is 17.2 Å². The van der Waals surface area contributed by atoms with Gasteiger partial charge in [-0.2, -0.15) is 5.26 Å². The summed E-state index contributed by atoms with van der Waals surface area (Å²) in [6.07, 6.45) is 0. The summed E-state index contributed by atoms with van der Waals surface area (Å²) in [6.45, 7) is 0. The smallest absolute Gasteiger partial charge is 0.335 e. The lowest BCUT2D eigenvalue weighted by atomic mass is 9.92. The van der Waals surface area contributed by atoms with Crippen LogP contribution in [0.1, 0.15) is 15.9 Å². The number of hydrogen-bond acceptors (Lipinski definition) is 2. The summed E-state index contributed by atoms with van der Waals surface area (Å²) in [6, 6.07) is 16.2. The zero-order valence-electron chi connectivity index (χ0n) is 11.4. The minimum atomic E-state index is -1.07. The SMILES string of the molecule is N#Cc1ccc2ccc(C(=O)O)cc2c1-c1ccccc1F. The molecule has 0 spiro atoms. The first kappa shape index (κ1) is 13.8. The lowest BCUT2D eigenvalue weighted by Crippen LogP contribution is -1.97. The maximum absolute atomic E-state index is 14.2. The van der Waals surface area contributed by atoms with Crippen molar-refractivity contribution in [1.29, 1.82) is 5.26 Å². The Kier molecular flexibility index (Phi) is 3.32. The van der Waals surface area contributed by atoms with Gasteiger partial charge < -0.3 is 5.11 Å². The summed E-state index contributed by atoms with van der Waals surface area (Å²) in [7, 11) is 0. The van der Waals surface area contributed by atoms with Crippen molar-refractivity contribution < 1.29 is 14.3 Å². The van der Waals surface area contributed by atoms with E-state index in [1.165, 1.54) is 18.2 Å². The highest BCUT2D eigenvalue weighted by Crippen LogP contribution is 2.34. The largest absolute Gasteiger partial charge is 0.478 e. The van der Waals surface area contributed by atoms with E-state index >= 15 is 0 Å². The van der Waals surface area contributed by atoms with Gasteiger partial charge in [-0.25, -0.2) is 9.18 Å². The number of nitriles is 1. The third-order valence-corrected chi connectivity index (χ3v) is 3.53. The van der Waals surface area contributed by atoms with Gasteiger partial charge in [0.2, 0.25) is 0 Å². The molecule has 0 saturated heterocycles. The number of carbonyl (C=O) groups is 1. The zero-order valence-corrected chi connectivity index (χ0v) is 11.4. The molecule has 0 heterocycles. The van der Waals surface area contributed by atoms with Crippen LogP contribution in [0.25, 0.3) is 21.9 Å². The molecule has 3 nitrogen and oxygen atoms in total. The molecule has 0 aromatic heterocycles. The van der Waals surface area contributed by atoms with Crippen molar-refractivity contribution in [2.24, 2.45) is 0 Å². The minimum absolute atomic E-state index is 0.0974. The lowest BCUT2D eigenvalue weighted by Gasteiger charge is -2.11. The molecule has 0 aliphatic carbocycles. The first-order valence-corrected chi connectivity index (χ1v) is 6.57. The van der Waals surface area contributed by atoms with Crippen molar-refractivity contribution in [2.45, 2.75) is 0 Å². The van der Waals surface area contributed by atoms with Crippen molar-refractivity contribution in [3.63, 3.8) is 0 Å². The molecule has 0 aliphatic heterocycles. The van der Waals surface area contributed by atoms with Crippen LogP contribution >= 0.6 is 0 Å². The summed E-state index contributed by atoms with van der Waals surface area (Å²) in [4.78, 5) is 11.2. The van der Waals surface area contributed by atoms with Gasteiger partial charge in [-0.1, -0.05) is 30.3 Å². The number of aromatic carboxylic acids is 1. The lowest BCUT2D eigenvalue weighted by molar-refractivity contribution is 0.0697. The number of rotatable bonds is 2. The second-order valence-corrected chi connectivity index (χ2v) is 4.82. The fourth-order valence-electron chi connectivity index (χ4n) is 2.50. The quantitative estimate of drug-likeness (QED) is 0.769. The molecule has 0 saturated carbocycles. The van der Waals surface area contributed by atoms with Crippen molar-refractivity contribution in [2.75, 3.05) is 0 Å². The Morgan fingerprint density at radius 3 is 2.50 bits per heavy atom. The Hall–Kier alpha value is -3.19. The number of carboxylic acid groups (broad SMARTS) is 1. The van der Waals surface area contributed by atoms with E-state index in [1.54, 1.807) is 36.4 Å². The predicted molar refractivity (Wildman–Crippen MR) is 81.0 cm³/mol. The fourth-order valence-corrected chi connectivity index (χ4v) is 2.50. The number of hydrogen-bond donors (Lipinski definition) is 1. The molecule has 0 radical (unpaired) electrons. The summed E-state index contributed by atoms with van der Waals surface area (Å²) in [5.74, 6) is -1.52. The number of carboxylic acids is 1. The summed E-state index contributed by atoms with van der Waals surface area (Å²) in [5.41, 5.74) is 1.11. The van der Waals surface area contributed by atoms with Crippen molar-refractivity contribution in [3.05, 3.63) is 71.5 Å². The third kappa shape index (κ3) is 2.19. The highest BCUT2D eigenvalue weighted by molar-refractivity contribution is 6.03. The molecule has 0 unspecified atom stereocenters. The van der Waals surface area contributed by atoms with Crippen molar-refractivity contribution >= 4 is 16.7 Å². The van der Waals surface area contributed by atoms with Gasteiger partial charge in [-0.3, -0.25) is 0 Å². The number of nitrogens with zero attached hydrogens (tertiary/aromatic N) is 1. The van der Waals surface area contributed by atoms with E-state index in [0.717, 1.165) is 5.39 Å². The van der Waals surface area contributed by atoms with E-state index in [9.17, 15) is 14.4 Å². The average molecular weight is 291 g/mol. The van der Waals surface area contributed by atoms with Crippen molar-refractivity contribution in [1.82, 2.24) is 0 Å². The van der Waals surface area contributed by atoms with Crippen LogP contribution in [0.2, 0.25) is 0 Å². The fraction of sp³-hybridized carbons (Fsp3) is 0. The van der Waals surface area contributed by atoms with E-state index in [1.807, 2.05) is 6.07 Å². The Balaban J connectivity index is 2.45. The maximum atomic E-state index is 14.2. The molecule has 1 N–H and O–H groups in total. The summed E-state index contributed by atoms with van der Waals surface area (Å²) in [5, 5.41) is 19.8. The molecule has 3 aromatic carbocycles. The normalized spacial score (nSPS) is 10.4. The molecule has 0 fully saturated rings. The standard InChI is InChI=1S/C18H10FNO2/c19-16-4-2-1-3-14(16)17-13(10-20)8-6-11-5-7-12(18(21)22)9-15(11)17/h1-9H,(H,21,22). The van der Waals surface area contributed by atoms with Gasteiger partial charge in [0, 0.05) is 11.1 Å². The van der Waals surface area contributed by atoms with E-state index < -0.39 is 11.8 Å². The Bertz CT molecular complexity index is 941. The van der Waals surface area contributed by atoms with Gasteiger partial charge in [0.1, 0.15) is 5.82 Å². The number of halogens is 1. The predicted octanol–water partition coefficient (Wildman–Crippen LogP) is 4.22. The molecular formula is C18H10FNO2. The van der Waals surface area contributed by atoms with Crippen LogP contribution in [0.4, 0.5) is 4.39 Å². The van der Waals surface area contributed by atoms with Crippen LogP contribution in [-0.4, -0.2) is 11.1 Å². The van der Waals surface area contributed by atoms with Crippen LogP contribution in [0.5, 0.6) is 0 Å². The molecule has 106 valence electrons. The monoisotopic (exact) mass is 291 g/mol. The van der Waals surface area contributed by atoms with Gasteiger partial charge >= 0.3 is 5.97 Å². The molecule has 0 aliphatic rings. The minimum Gasteiger partial charge on any atom is -0.478 e. The van der Waals surface area contributed by atoms with Gasteiger partial charge in [0.15, 0.2) is 0 Å². The van der Waals surface area contributed by atoms with E-state index in [0.29, 0.717) is 16.5 Å². The first-order valence-electron chi connectivity index (χ1n) is 6.57. The summed E-state index contributed by atoms with van der Waals surface area (Å²) < 4.78 is 14.2. The van der Waals surface area contributed by atoms with Crippen LogP contribution < -0.4 is 0 Å². The van der Waals surface area contributed by atoms with Gasteiger partial charge in [0.25, 0.3) is 0 Å². The molecular weight excluding hydrogens is 281 g/mol. The Morgan fingerprint density at radius 1 is 1.09 bits per heavy atom. The van der Waals surface area contributed by atoms with Gasteiger partial charge in [-0.05, 0) is 35.0 Å². The van der Waals surface area contributed by atoms with Crippen LogP contribution in [0.15, 0.2) is 54.6 Å². The van der Waals surface area contributed by atoms with E-state index in [2.05, 4.69) is 0 Å². The highest BCUT2D eigenvalue weighted by Gasteiger charge is 2.15. The molecule has 3 aromatic rings. The number of fused-ring (bicyclic) bond motifs is 1. The maximum Gasteiger partial charge on any atom is 0.335 e.